The molecule has 0 aliphatic carbocycles. The standard InChI is InChI=1S/C14H20N2O2/c1-10(17)16(5)12-8-6-11(7-9-12)15-13(18)14(2,3)4/h6-9H,1-5H3,(H,15,18). The number of carbonyl (C=O) groups is 2. The zero-order chi connectivity index (χ0) is 13.9. The SMILES string of the molecule is CC(=O)N(C)c1ccc(NC(=O)C(C)(C)C)cc1. The van der Waals surface area contributed by atoms with Crippen LogP contribution in [0.3, 0.4) is 0 Å². The summed E-state index contributed by atoms with van der Waals surface area (Å²) in [6.45, 7) is 7.09. The van der Waals surface area contributed by atoms with E-state index in [0.29, 0.717) is 0 Å². The monoisotopic (exact) mass is 248 g/mol. The number of amides is 2. The fourth-order valence-electron chi connectivity index (χ4n) is 1.27. The van der Waals surface area contributed by atoms with Crippen LogP contribution in [0.15, 0.2) is 24.3 Å². The van der Waals surface area contributed by atoms with Crippen LogP contribution in [0.2, 0.25) is 0 Å². The number of anilines is 2. The van der Waals surface area contributed by atoms with E-state index in [2.05, 4.69) is 5.32 Å². The summed E-state index contributed by atoms with van der Waals surface area (Å²) >= 11 is 0. The smallest absolute Gasteiger partial charge is 0.229 e. The second-order valence-corrected chi connectivity index (χ2v) is 5.33. The molecule has 0 aromatic heterocycles. The third-order valence-corrected chi connectivity index (χ3v) is 2.67. The fourth-order valence-corrected chi connectivity index (χ4v) is 1.27. The van der Waals surface area contributed by atoms with E-state index in [1.807, 2.05) is 20.8 Å². The minimum atomic E-state index is -0.422. The lowest BCUT2D eigenvalue weighted by molar-refractivity contribution is -0.123. The van der Waals surface area contributed by atoms with Crippen molar-refractivity contribution in [1.29, 1.82) is 0 Å². The van der Waals surface area contributed by atoms with E-state index >= 15 is 0 Å². The molecule has 0 radical (unpaired) electrons. The molecule has 0 fully saturated rings. The molecule has 2 amide bonds. The number of hydrogen-bond acceptors (Lipinski definition) is 2. The van der Waals surface area contributed by atoms with Gasteiger partial charge in [-0.15, -0.1) is 0 Å². The van der Waals surface area contributed by atoms with Crippen molar-refractivity contribution >= 4 is 23.2 Å². The molecular weight excluding hydrogens is 228 g/mol. The Labute approximate surface area is 108 Å². The first kappa shape index (κ1) is 14.2. The molecule has 1 aromatic rings. The largest absolute Gasteiger partial charge is 0.326 e. The van der Waals surface area contributed by atoms with Crippen LogP contribution in [0.25, 0.3) is 0 Å². The van der Waals surface area contributed by atoms with E-state index in [1.165, 1.54) is 6.92 Å². The molecule has 98 valence electrons. The summed E-state index contributed by atoms with van der Waals surface area (Å²) in [6.07, 6.45) is 0. The normalized spacial score (nSPS) is 10.9. The molecule has 0 atom stereocenters. The molecule has 0 bridgehead atoms. The van der Waals surface area contributed by atoms with Gasteiger partial charge in [0.1, 0.15) is 0 Å². The van der Waals surface area contributed by atoms with E-state index in [-0.39, 0.29) is 11.8 Å². The summed E-state index contributed by atoms with van der Waals surface area (Å²) in [5.74, 6) is -0.0587. The molecular formula is C14H20N2O2. The van der Waals surface area contributed by atoms with Crippen molar-refractivity contribution in [2.75, 3.05) is 17.3 Å². The van der Waals surface area contributed by atoms with Gasteiger partial charge in [0.2, 0.25) is 11.8 Å². The van der Waals surface area contributed by atoms with E-state index in [9.17, 15) is 9.59 Å². The van der Waals surface area contributed by atoms with Gasteiger partial charge < -0.3 is 10.2 Å². The number of nitrogens with zero attached hydrogens (tertiary/aromatic N) is 1. The number of benzene rings is 1. The molecule has 4 nitrogen and oxygen atoms in total. The van der Waals surface area contributed by atoms with Gasteiger partial charge in [-0.25, -0.2) is 0 Å². The van der Waals surface area contributed by atoms with Crippen molar-refractivity contribution in [2.24, 2.45) is 5.41 Å². The van der Waals surface area contributed by atoms with Crippen LogP contribution in [0, 0.1) is 5.41 Å². The average molecular weight is 248 g/mol. The van der Waals surface area contributed by atoms with Gasteiger partial charge >= 0.3 is 0 Å². The summed E-state index contributed by atoms with van der Waals surface area (Å²) in [4.78, 5) is 24.5. The van der Waals surface area contributed by atoms with Gasteiger partial charge in [0.05, 0.1) is 0 Å². The zero-order valence-electron chi connectivity index (χ0n) is 11.6. The summed E-state index contributed by atoms with van der Waals surface area (Å²) < 4.78 is 0. The zero-order valence-corrected chi connectivity index (χ0v) is 11.6. The van der Waals surface area contributed by atoms with Gasteiger partial charge in [-0.3, -0.25) is 9.59 Å². The maximum absolute atomic E-state index is 11.8. The topological polar surface area (TPSA) is 49.4 Å². The van der Waals surface area contributed by atoms with Crippen molar-refractivity contribution < 1.29 is 9.59 Å². The van der Waals surface area contributed by atoms with Gasteiger partial charge in [-0.1, -0.05) is 20.8 Å². The van der Waals surface area contributed by atoms with E-state index < -0.39 is 5.41 Å². The first-order chi connectivity index (χ1) is 8.21. The van der Waals surface area contributed by atoms with Crippen molar-refractivity contribution in [2.45, 2.75) is 27.7 Å². The Bertz CT molecular complexity index is 444. The van der Waals surface area contributed by atoms with Gasteiger partial charge in [0.25, 0.3) is 0 Å². The van der Waals surface area contributed by atoms with Crippen LogP contribution in [0.5, 0.6) is 0 Å². The Morgan fingerprint density at radius 1 is 1.11 bits per heavy atom. The predicted octanol–water partition coefficient (Wildman–Crippen LogP) is 2.65. The molecule has 0 saturated heterocycles. The number of hydrogen-bond donors (Lipinski definition) is 1. The molecule has 0 unspecified atom stereocenters. The third-order valence-electron chi connectivity index (χ3n) is 2.67. The van der Waals surface area contributed by atoms with Gasteiger partial charge in [0.15, 0.2) is 0 Å². The molecule has 0 heterocycles. The lowest BCUT2D eigenvalue weighted by Crippen LogP contribution is -2.27. The number of nitrogens with one attached hydrogen (secondary N) is 1. The highest BCUT2D eigenvalue weighted by molar-refractivity contribution is 5.95. The Morgan fingerprint density at radius 2 is 1.61 bits per heavy atom. The Balaban J connectivity index is 2.78. The quantitative estimate of drug-likeness (QED) is 0.874. The number of carbonyl (C=O) groups excluding carboxylic acids is 2. The van der Waals surface area contributed by atoms with Crippen LogP contribution in [-0.2, 0) is 9.59 Å². The van der Waals surface area contributed by atoms with E-state index in [4.69, 9.17) is 0 Å². The fraction of sp³-hybridized carbons (Fsp3) is 0.429. The molecule has 1 N–H and O–H groups in total. The van der Waals surface area contributed by atoms with Crippen LogP contribution >= 0.6 is 0 Å². The lowest BCUT2D eigenvalue weighted by Gasteiger charge is -2.19. The first-order valence-corrected chi connectivity index (χ1v) is 5.87. The molecule has 1 aromatic carbocycles. The summed E-state index contributed by atoms with van der Waals surface area (Å²) in [5, 5.41) is 2.83. The van der Waals surface area contributed by atoms with Crippen LogP contribution in [0.4, 0.5) is 11.4 Å². The highest BCUT2D eigenvalue weighted by Crippen LogP contribution is 2.20. The van der Waals surface area contributed by atoms with Crippen LogP contribution in [-0.4, -0.2) is 18.9 Å². The van der Waals surface area contributed by atoms with Gasteiger partial charge in [-0.05, 0) is 24.3 Å². The Kier molecular flexibility index (Phi) is 4.11. The second kappa shape index (κ2) is 5.21. The molecule has 1 rings (SSSR count). The highest BCUT2D eigenvalue weighted by Gasteiger charge is 2.21. The molecule has 0 aliphatic rings. The Hall–Kier alpha value is -1.84. The summed E-state index contributed by atoms with van der Waals surface area (Å²) in [6, 6.07) is 7.19. The molecule has 18 heavy (non-hydrogen) atoms. The van der Waals surface area contributed by atoms with Crippen molar-refractivity contribution in [3.63, 3.8) is 0 Å². The predicted molar refractivity (Wildman–Crippen MR) is 73.6 cm³/mol. The first-order valence-electron chi connectivity index (χ1n) is 5.87. The average Bonchev–Trinajstić information content (AvgIpc) is 2.27. The summed E-state index contributed by atoms with van der Waals surface area (Å²) in [7, 11) is 1.71. The van der Waals surface area contributed by atoms with Crippen LogP contribution in [0.1, 0.15) is 27.7 Å². The van der Waals surface area contributed by atoms with E-state index in [1.54, 1.807) is 36.2 Å². The second-order valence-electron chi connectivity index (χ2n) is 5.33. The van der Waals surface area contributed by atoms with Crippen molar-refractivity contribution in [1.82, 2.24) is 0 Å². The van der Waals surface area contributed by atoms with Crippen molar-refractivity contribution in [3.05, 3.63) is 24.3 Å². The third kappa shape index (κ3) is 3.58. The number of rotatable bonds is 2. The molecule has 0 saturated carbocycles. The molecule has 0 aliphatic heterocycles. The van der Waals surface area contributed by atoms with E-state index in [0.717, 1.165) is 11.4 Å². The Morgan fingerprint density at radius 3 is 2.00 bits per heavy atom. The summed E-state index contributed by atoms with van der Waals surface area (Å²) in [5.41, 5.74) is 1.11. The van der Waals surface area contributed by atoms with Gasteiger partial charge in [0, 0.05) is 30.8 Å². The van der Waals surface area contributed by atoms with Crippen LogP contribution < -0.4 is 10.2 Å². The lowest BCUT2D eigenvalue weighted by atomic mass is 9.95. The minimum Gasteiger partial charge on any atom is -0.326 e. The maximum atomic E-state index is 11.8. The van der Waals surface area contributed by atoms with Gasteiger partial charge in [-0.2, -0.15) is 0 Å². The molecule has 4 heteroatoms. The molecule has 0 spiro atoms. The highest BCUT2D eigenvalue weighted by atomic mass is 16.2. The minimum absolute atomic E-state index is 0.0264. The van der Waals surface area contributed by atoms with Crippen molar-refractivity contribution in [3.8, 4) is 0 Å². The maximum Gasteiger partial charge on any atom is 0.229 e.